The van der Waals surface area contributed by atoms with Crippen molar-refractivity contribution in [3.63, 3.8) is 0 Å². The molecule has 0 spiro atoms. The third-order valence-corrected chi connectivity index (χ3v) is 5.50. The van der Waals surface area contributed by atoms with Crippen LogP contribution in [0.4, 0.5) is 5.69 Å². The monoisotopic (exact) mass is 416 g/mol. The first kappa shape index (κ1) is 22.0. The zero-order valence-corrected chi connectivity index (χ0v) is 18.6. The van der Waals surface area contributed by atoms with Gasteiger partial charge < -0.3 is 15.0 Å². The molecule has 1 N–H and O–H groups in total. The number of morpholine rings is 1. The predicted molar refractivity (Wildman–Crippen MR) is 113 cm³/mol. The SMILES string of the molecule is CCn1nc(C)c(NC(=O)C2CN(C(=O)CCCn3nc(C)cc3C)CCO2)c1C. The molecule has 0 aromatic carbocycles. The van der Waals surface area contributed by atoms with Gasteiger partial charge in [0.1, 0.15) is 0 Å². The van der Waals surface area contributed by atoms with Crippen molar-refractivity contribution in [3.05, 3.63) is 28.8 Å². The second kappa shape index (κ2) is 9.42. The summed E-state index contributed by atoms with van der Waals surface area (Å²) in [4.78, 5) is 27.1. The maximum Gasteiger partial charge on any atom is 0.255 e. The second-order valence-electron chi connectivity index (χ2n) is 7.80. The van der Waals surface area contributed by atoms with Gasteiger partial charge in [0.15, 0.2) is 6.10 Å². The zero-order valence-electron chi connectivity index (χ0n) is 18.6. The lowest BCUT2D eigenvalue weighted by molar-refractivity contribution is -0.144. The molecule has 2 amide bonds. The van der Waals surface area contributed by atoms with Crippen LogP contribution in [-0.2, 0) is 27.4 Å². The van der Waals surface area contributed by atoms with Crippen LogP contribution in [0.15, 0.2) is 6.07 Å². The van der Waals surface area contributed by atoms with Gasteiger partial charge in [-0.2, -0.15) is 10.2 Å². The molecule has 1 saturated heterocycles. The van der Waals surface area contributed by atoms with Crippen LogP contribution in [0, 0.1) is 27.7 Å². The van der Waals surface area contributed by atoms with E-state index in [-0.39, 0.29) is 18.4 Å². The average molecular weight is 417 g/mol. The molecule has 0 aliphatic carbocycles. The van der Waals surface area contributed by atoms with Crippen LogP contribution in [0.3, 0.4) is 0 Å². The van der Waals surface area contributed by atoms with Crippen LogP contribution in [0.1, 0.15) is 42.5 Å². The third-order valence-electron chi connectivity index (χ3n) is 5.50. The lowest BCUT2D eigenvalue weighted by Crippen LogP contribution is -2.50. The van der Waals surface area contributed by atoms with Gasteiger partial charge in [-0.1, -0.05) is 0 Å². The van der Waals surface area contributed by atoms with E-state index < -0.39 is 6.10 Å². The van der Waals surface area contributed by atoms with E-state index in [1.54, 1.807) is 4.90 Å². The number of aromatic nitrogens is 4. The molecule has 1 aliphatic rings. The van der Waals surface area contributed by atoms with E-state index in [0.717, 1.165) is 35.0 Å². The molecule has 2 aromatic rings. The molecule has 30 heavy (non-hydrogen) atoms. The standard InChI is InChI=1S/C21H32N6O3/c1-6-26-17(5)20(16(4)24-26)22-21(29)18-13-25(10-11-30-18)19(28)8-7-9-27-15(3)12-14(2)23-27/h12,18H,6-11,13H2,1-5H3,(H,22,29). The van der Waals surface area contributed by atoms with E-state index in [9.17, 15) is 9.59 Å². The molecule has 1 fully saturated rings. The second-order valence-corrected chi connectivity index (χ2v) is 7.80. The molecule has 0 saturated carbocycles. The molecule has 0 bridgehead atoms. The summed E-state index contributed by atoms with van der Waals surface area (Å²) in [5.41, 5.74) is 4.49. The maximum absolute atomic E-state index is 12.8. The van der Waals surface area contributed by atoms with Crippen LogP contribution in [0.5, 0.6) is 0 Å². The lowest BCUT2D eigenvalue weighted by Gasteiger charge is -2.32. The van der Waals surface area contributed by atoms with Crippen molar-refractivity contribution in [2.75, 3.05) is 25.0 Å². The predicted octanol–water partition coefficient (Wildman–Crippen LogP) is 1.98. The number of rotatable bonds is 7. The highest BCUT2D eigenvalue weighted by molar-refractivity contribution is 5.95. The minimum absolute atomic E-state index is 0.0452. The van der Waals surface area contributed by atoms with E-state index >= 15 is 0 Å². The third kappa shape index (κ3) is 4.89. The Hall–Kier alpha value is -2.68. The zero-order chi connectivity index (χ0) is 21.8. The number of nitrogens with one attached hydrogen (secondary N) is 1. The Balaban J connectivity index is 1.53. The summed E-state index contributed by atoms with van der Waals surface area (Å²) in [6, 6.07) is 2.03. The largest absolute Gasteiger partial charge is 0.365 e. The van der Waals surface area contributed by atoms with Crippen LogP contribution >= 0.6 is 0 Å². The Morgan fingerprint density at radius 1 is 1.20 bits per heavy atom. The van der Waals surface area contributed by atoms with Gasteiger partial charge in [-0.25, -0.2) is 0 Å². The molecule has 3 heterocycles. The van der Waals surface area contributed by atoms with Crippen molar-refractivity contribution < 1.29 is 14.3 Å². The van der Waals surface area contributed by atoms with Gasteiger partial charge in [0.2, 0.25) is 5.91 Å². The quantitative estimate of drug-likeness (QED) is 0.745. The number of amides is 2. The fourth-order valence-electron chi connectivity index (χ4n) is 3.86. The van der Waals surface area contributed by atoms with E-state index in [0.29, 0.717) is 32.5 Å². The van der Waals surface area contributed by atoms with Gasteiger partial charge in [0, 0.05) is 31.7 Å². The number of ether oxygens (including phenoxy) is 1. The van der Waals surface area contributed by atoms with Gasteiger partial charge in [0.25, 0.3) is 5.91 Å². The van der Waals surface area contributed by atoms with Gasteiger partial charge in [-0.3, -0.25) is 19.0 Å². The molecule has 1 atom stereocenters. The highest BCUT2D eigenvalue weighted by atomic mass is 16.5. The smallest absolute Gasteiger partial charge is 0.255 e. The minimum atomic E-state index is -0.678. The summed E-state index contributed by atoms with van der Waals surface area (Å²) in [5, 5.41) is 11.8. The Kier molecular flexibility index (Phi) is 6.91. The molecular formula is C21H32N6O3. The molecule has 9 heteroatoms. The maximum atomic E-state index is 12.8. The van der Waals surface area contributed by atoms with E-state index in [1.807, 2.05) is 50.0 Å². The lowest BCUT2D eigenvalue weighted by atomic mass is 10.2. The van der Waals surface area contributed by atoms with Crippen molar-refractivity contribution in [3.8, 4) is 0 Å². The van der Waals surface area contributed by atoms with Crippen LogP contribution in [0.2, 0.25) is 0 Å². The average Bonchev–Trinajstić information content (AvgIpc) is 3.19. The van der Waals surface area contributed by atoms with E-state index in [1.165, 1.54) is 0 Å². The van der Waals surface area contributed by atoms with Crippen molar-refractivity contribution in [1.82, 2.24) is 24.5 Å². The number of carbonyl (C=O) groups is 2. The Morgan fingerprint density at radius 3 is 2.60 bits per heavy atom. The molecule has 2 aromatic heterocycles. The highest BCUT2D eigenvalue weighted by Gasteiger charge is 2.30. The van der Waals surface area contributed by atoms with E-state index in [4.69, 9.17) is 4.74 Å². The van der Waals surface area contributed by atoms with Crippen LogP contribution < -0.4 is 5.32 Å². The van der Waals surface area contributed by atoms with E-state index in [2.05, 4.69) is 15.5 Å². The van der Waals surface area contributed by atoms with Crippen molar-refractivity contribution in [2.45, 2.75) is 66.7 Å². The van der Waals surface area contributed by atoms with Crippen molar-refractivity contribution in [1.29, 1.82) is 0 Å². The molecule has 3 rings (SSSR count). The normalized spacial score (nSPS) is 16.7. The summed E-state index contributed by atoms with van der Waals surface area (Å²) in [7, 11) is 0. The summed E-state index contributed by atoms with van der Waals surface area (Å²) in [6.07, 6.45) is 0.458. The highest BCUT2D eigenvalue weighted by Crippen LogP contribution is 2.20. The molecular weight excluding hydrogens is 384 g/mol. The van der Waals surface area contributed by atoms with Gasteiger partial charge >= 0.3 is 0 Å². The number of anilines is 1. The van der Waals surface area contributed by atoms with Gasteiger partial charge in [0.05, 0.1) is 35.9 Å². The molecule has 164 valence electrons. The Bertz CT molecular complexity index is 916. The van der Waals surface area contributed by atoms with Crippen LogP contribution in [0.25, 0.3) is 0 Å². The fourth-order valence-corrected chi connectivity index (χ4v) is 3.86. The minimum Gasteiger partial charge on any atom is -0.365 e. The summed E-state index contributed by atoms with van der Waals surface area (Å²) < 4.78 is 9.43. The van der Waals surface area contributed by atoms with Crippen molar-refractivity contribution in [2.24, 2.45) is 0 Å². The molecule has 1 unspecified atom stereocenters. The summed E-state index contributed by atoms with van der Waals surface area (Å²) in [5.74, 6) is -0.194. The number of hydrogen-bond donors (Lipinski definition) is 1. The first-order valence-electron chi connectivity index (χ1n) is 10.6. The number of hydrogen-bond acceptors (Lipinski definition) is 5. The summed E-state index contributed by atoms with van der Waals surface area (Å²) >= 11 is 0. The topological polar surface area (TPSA) is 94.3 Å². The van der Waals surface area contributed by atoms with Crippen molar-refractivity contribution >= 4 is 17.5 Å². The number of nitrogens with zero attached hydrogens (tertiary/aromatic N) is 5. The van der Waals surface area contributed by atoms with Crippen LogP contribution in [-0.4, -0.2) is 62.1 Å². The first-order valence-corrected chi connectivity index (χ1v) is 10.6. The Morgan fingerprint density at radius 2 is 1.97 bits per heavy atom. The number of carbonyl (C=O) groups excluding carboxylic acids is 2. The molecule has 0 radical (unpaired) electrons. The molecule has 9 nitrogen and oxygen atoms in total. The summed E-state index contributed by atoms with van der Waals surface area (Å²) in [6.45, 7) is 12.4. The fraction of sp³-hybridized carbons (Fsp3) is 0.619. The first-order chi connectivity index (χ1) is 14.3. The Labute approximate surface area is 177 Å². The molecule has 1 aliphatic heterocycles. The van der Waals surface area contributed by atoms with Gasteiger partial charge in [-0.15, -0.1) is 0 Å². The van der Waals surface area contributed by atoms with Gasteiger partial charge in [-0.05, 0) is 47.1 Å². The number of aryl methyl sites for hydroxylation is 5.